The molecule has 6 rings (SSSR count). The summed E-state index contributed by atoms with van der Waals surface area (Å²) in [6, 6.07) is 23.2. The van der Waals surface area contributed by atoms with Gasteiger partial charge in [0, 0.05) is 57.1 Å². The molecule has 0 spiro atoms. The Kier molecular flexibility index (Phi) is 11.0. The molecular formula is C37H38F3N5O6S. The number of carboxylic acids is 1. The molecule has 0 unspecified atom stereocenters. The van der Waals surface area contributed by atoms with Crippen molar-refractivity contribution in [1.82, 2.24) is 14.8 Å². The van der Waals surface area contributed by atoms with Gasteiger partial charge in [0.2, 0.25) is 15.9 Å². The lowest BCUT2D eigenvalue weighted by Gasteiger charge is -2.36. The number of piperidine rings is 1. The Hall–Kier alpha value is -5.15. The van der Waals surface area contributed by atoms with Crippen LogP contribution in [0.15, 0.2) is 91.1 Å². The standard InChI is InChI=1S/C37H38F3N5O6S/c38-37(39,40)30-9-13-34(41-23-30)51-31-10-6-27(7-11-31)28-14-16-45(17-15-28)36(48)29-8-12-33(44-20-18-43(19-21-44)24-35(46)47)32(22-29)42-52(49,50)25-26-4-2-1-3-5-26/h1-13,22-23,28,42H,14-21,24-25H2,(H,46,47). The summed E-state index contributed by atoms with van der Waals surface area (Å²) in [7, 11) is -3.85. The second-order valence-corrected chi connectivity index (χ2v) is 14.6. The first-order valence-corrected chi connectivity index (χ1v) is 18.5. The van der Waals surface area contributed by atoms with Gasteiger partial charge in [0.1, 0.15) is 5.75 Å². The van der Waals surface area contributed by atoms with Crippen molar-refractivity contribution in [2.24, 2.45) is 0 Å². The summed E-state index contributed by atoms with van der Waals surface area (Å²) >= 11 is 0. The van der Waals surface area contributed by atoms with Crippen LogP contribution in [0.3, 0.4) is 0 Å². The summed E-state index contributed by atoms with van der Waals surface area (Å²) in [6.45, 7) is 2.85. The number of likely N-dealkylation sites (tertiary alicyclic amines) is 1. The van der Waals surface area contributed by atoms with E-state index in [9.17, 15) is 36.3 Å². The first-order chi connectivity index (χ1) is 24.8. The third-order valence-corrected chi connectivity index (χ3v) is 10.4. The number of halogens is 3. The SMILES string of the molecule is O=C(O)CN1CCN(c2ccc(C(=O)N3CCC(c4ccc(Oc5ccc(C(F)(F)F)cn5)cc4)CC3)cc2NS(=O)(=O)Cc2ccccc2)CC1. The van der Waals surface area contributed by atoms with E-state index in [1.807, 2.05) is 28.0 Å². The lowest BCUT2D eigenvalue weighted by atomic mass is 9.89. The van der Waals surface area contributed by atoms with E-state index in [4.69, 9.17) is 4.74 Å². The monoisotopic (exact) mass is 737 g/mol. The minimum Gasteiger partial charge on any atom is -0.480 e. The molecule has 2 fully saturated rings. The second kappa shape index (κ2) is 15.6. The van der Waals surface area contributed by atoms with Gasteiger partial charge in [-0.3, -0.25) is 19.2 Å². The fourth-order valence-corrected chi connectivity index (χ4v) is 7.70. The maximum Gasteiger partial charge on any atom is 0.417 e. The van der Waals surface area contributed by atoms with Crippen molar-refractivity contribution >= 4 is 33.3 Å². The molecule has 2 N–H and O–H groups in total. The molecule has 3 aromatic carbocycles. The average molecular weight is 738 g/mol. The number of alkyl halides is 3. The first kappa shape index (κ1) is 36.6. The largest absolute Gasteiger partial charge is 0.480 e. The highest BCUT2D eigenvalue weighted by Crippen LogP contribution is 2.34. The number of carboxylic acid groups (broad SMARTS) is 1. The number of carbonyl (C=O) groups is 2. The lowest BCUT2D eigenvalue weighted by molar-refractivity contribution is -0.139. The fraction of sp³-hybridized carbons (Fsp3) is 0.324. The molecular weight excluding hydrogens is 699 g/mol. The van der Waals surface area contributed by atoms with Crippen molar-refractivity contribution < 1.29 is 41.0 Å². The zero-order valence-electron chi connectivity index (χ0n) is 28.1. The number of hydrogen-bond acceptors (Lipinski definition) is 8. The predicted octanol–water partition coefficient (Wildman–Crippen LogP) is 6.06. The van der Waals surface area contributed by atoms with Crippen molar-refractivity contribution in [3.63, 3.8) is 0 Å². The number of hydrogen-bond donors (Lipinski definition) is 2. The molecule has 2 saturated heterocycles. The van der Waals surface area contributed by atoms with Crippen LogP contribution in [0.25, 0.3) is 0 Å². The third-order valence-electron chi connectivity index (χ3n) is 9.20. The molecule has 52 heavy (non-hydrogen) atoms. The number of anilines is 2. The Balaban J connectivity index is 1.11. The number of piperazine rings is 1. The number of sulfonamides is 1. The molecule has 1 aromatic heterocycles. The number of nitrogens with one attached hydrogen (secondary N) is 1. The van der Waals surface area contributed by atoms with Crippen LogP contribution in [0, 0.1) is 0 Å². The summed E-state index contributed by atoms with van der Waals surface area (Å²) < 4.78 is 73.5. The number of aromatic nitrogens is 1. The Morgan fingerprint density at radius 2 is 1.58 bits per heavy atom. The molecule has 0 atom stereocenters. The van der Waals surface area contributed by atoms with Crippen LogP contribution in [0.1, 0.15) is 45.8 Å². The normalized spacial score (nSPS) is 16.1. The van der Waals surface area contributed by atoms with E-state index < -0.39 is 27.7 Å². The second-order valence-electron chi connectivity index (χ2n) is 12.9. The predicted molar refractivity (Wildman–Crippen MR) is 189 cm³/mol. The van der Waals surface area contributed by atoms with Crippen LogP contribution >= 0.6 is 0 Å². The minimum atomic E-state index is -4.48. The molecule has 11 nitrogen and oxygen atoms in total. The molecule has 0 aliphatic carbocycles. The maximum atomic E-state index is 13.8. The molecule has 4 aromatic rings. The molecule has 274 valence electrons. The summed E-state index contributed by atoms with van der Waals surface area (Å²) in [5.74, 6) is -0.715. The molecule has 2 aliphatic heterocycles. The summed E-state index contributed by atoms with van der Waals surface area (Å²) in [6.07, 6.45) is -2.36. The van der Waals surface area contributed by atoms with Crippen molar-refractivity contribution in [3.8, 4) is 11.6 Å². The number of amides is 1. The van der Waals surface area contributed by atoms with E-state index in [0.29, 0.717) is 74.7 Å². The number of pyridine rings is 1. The highest BCUT2D eigenvalue weighted by atomic mass is 32.2. The van der Waals surface area contributed by atoms with E-state index in [2.05, 4.69) is 9.71 Å². The zero-order chi connectivity index (χ0) is 36.9. The number of aliphatic carboxylic acids is 1. The smallest absolute Gasteiger partial charge is 0.417 e. The summed E-state index contributed by atoms with van der Waals surface area (Å²) in [5, 5.41) is 9.18. The van der Waals surface area contributed by atoms with Gasteiger partial charge in [-0.05, 0) is 66.3 Å². The molecule has 0 bridgehead atoms. The number of rotatable bonds is 11. The van der Waals surface area contributed by atoms with Crippen LogP contribution in [-0.4, -0.2) is 86.0 Å². The van der Waals surface area contributed by atoms with E-state index >= 15 is 0 Å². The van der Waals surface area contributed by atoms with E-state index in [-0.39, 0.29) is 35.7 Å². The molecule has 3 heterocycles. The maximum absolute atomic E-state index is 13.8. The number of benzene rings is 3. The number of carbonyl (C=O) groups excluding carboxylic acids is 1. The quantitative estimate of drug-likeness (QED) is 0.189. The highest BCUT2D eigenvalue weighted by Gasteiger charge is 2.31. The van der Waals surface area contributed by atoms with E-state index in [1.165, 1.54) is 6.07 Å². The Morgan fingerprint density at radius 1 is 0.885 bits per heavy atom. The van der Waals surface area contributed by atoms with Gasteiger partial charge in [-0.25, -0.2) is 13.4 Å². The number of nitrogens with zero attached hydrogens (tertiary/aromatic N) is 4. The van der Waals surface area contributed by atoms with Gasteiger partial charge in [-0.15, -0.1) is 0 Å². The van der Waals surface area contributed by atoms with Crippen LogP contribution in [0.5, 0.6) is 11.6 Å². The van der Waals surface area contributed by atoms with Gasteiger partial charge in [0.05, 0.1) is 29.2 Å². The number of ether oxygens (including phenoxy) is 1. The van der Waals surface area contributed by atoms with E-state index in [0.717, 1.165) is 17.8 Å². The Labute approximate surface area is 299 Å². The molecule has 0 saturated carbocycles. The Morgan fingerprint density at radius 3 is 2.19 bits per heavy atom. The average Bonchev–Trinajstić information content (AvgIpc) is 3.12. The van der Waals surface area contributed by atoms with Gasteiger partial charge >= 0.3 is 12.1 Å². The van der Waals surface area contributed by atoms with Crippen molar-refractivity contribution in [1.29, 1.82) is 0 Å². The van der Waals surface area contributed by atoms with Crippen molar-refractivity contribution in [2.75, 3.05) is 55.4 Å². The third kappa shape index (κ3) is 9.39. The zero-order valence-corrected chi connectivity index (χ0v) is 28.9. The van der Waals surface area contributed by atoms with Gasteiger partial charge in [0.15, 0.2) is 0 Å². The van der Waals surface area contributed by atoms with Crippen LogP contribution in [0.2, 0.25) is 0 Å². The van der Waals surface area contributed by atoms with Crippen LogP contribution in [-0.2, 0) is 26.7 Å². The summed E-state index contributed by atoms with van der Waals surface area (Å²) in [5.41, 5.74) is 2.06. The van der Waals surface area contributed by atoms with Gasteiger partial charge < -0.3 is 19.6 Å². The minimum absolute atomic E-state index is 0.0473. The fourth-order valence-electron chi connectivity index (χ4n) is 6.50. The van der Waals surface area contributed by atoms with E-state index in [1.54, 1.807) is 59.5 Å². The molecule has 2 aliphatic rings. The topological polar surface area (TPSA) is 132 Å². The van der Waals surface area contributed by atoms with Crippen molar-refractivity contribution in [2.45, 2.75) is 30.7 Å². The highest BCUT2D eigenvalue weighted by molar-refractivity contribution is 7.91. The molecule has 15 heteroatoms. The van der Waals surface area contributed by atoms with Crippen LogP contribution in [0.4, 0.5) is 24.5 Å². The summed E-state index contributed by atoms with van der Waals surface area (Å²) in [4.78, 5) is 34.3. The first-order valence-electron chi connectivity index (χ1n) is 16.8. The van der Waals surface area contributed by atoms with Gasteiger partial charge in [-0.2, -0.15) is 13.2 Å². The van der Waals surface area contributed by atoms with Gasteiger partial charge in [0.25, 0.3) is 5.91 Å². The molecule has 0 radical (unpaired) electrons. The molecule has 1 amide bonds. The Bertz CT molecular complexity index is 1960. The lowest BCUT2D eigenvalue weighted by Crippen LogP contribution is -2.48. The van der Waals surface area contributed by atoms with Crippen LogP contribution < -0.4 is 14.4 Å². The van der Waals surface area contributed by atoms with Gasteiger partial charge in [-0.1, -0.05) is 42.5 Å². The van der Waals surface area contributed by atoms with Crippen molar-refractivity contribution in [3.05, 3.63) is 113 Å².